The van der Waals surface area contributed by atoms with Gasteiger partial charge in [-0.25, -0.2) is 0 Å². The van der Waals surface area contributed by atoms with Gasteiger partial charge in [0.15, 0.2) is 11.5 Å². The van der Waals surface area contributed by atoms with E-state index in [1.165, 1.54) is 6.26 Å². The first-order valence-corrected chi connectivity index (χ1v) is 6.20. The van der Waals surface area contributed by atoms with E-state index in [4.69, 9.17) is 31.3 Å². The van der Waals surface area contributed by atoms with Crippen LogP contribution in [0.5, 0.6) is 11.5 Å². The monoisotopic (exact) mass is 282 g/mol. The highest BCUT2D eigenvalue weighted by molar-refractivity contribution is 6.32. The van der Waals surface area contributed by atoms with Crippen molar-refractivity contribution < 1.29 is 14.0 Å². The van der Waals surface area contributed by atoms with Crippen molar-refractivity contribution in [1.29, 1.82) is 0 Å². The zero-order chi connectivity index (χ0) is 13.7. The van der Waals surface area contributed by atoms with Crippen molar-refractivity contribution in [2.75, 3.05) is 13.7 Å². The van der Waals surface area contributed by atoms with Gasteiger partial charge in [0.05, 0.1) is 18.3 Å². The Hall–Kier alpha value is -1.72. The lowest BCUT2D eigenvalue weighted by Crippen LogP contribution is -2.04. The van der Waals surface area contributed by atoms with Crippen molar-refractivity contribution in [3.8, 4) is 11.5 Å². The number of halogens is 1. The standard InChI is InChI=1S/C13H15ClN2O3/c1-17-12-5-9(2-3-15)4-11(14)13(12)18-7-10-6-16-19-8-10/h4-6,8H,2-3,7,15H2,1H3. The molecule has 1 aromatic heterocycles. The van der Waals surface area contributed by atoms with Crippen molar-refractivity contribution in [3.63, 3.8) is 0 Å². The van der Waals surface area contributed by atoms with Crippen LogP contribution in [0.3, 0.4) is 0 Å². The first-order chi connectivity index (χ1) is 9.24. The van der Waals surface area contributed by atoms with Gasteiger partial charge in [0.25, 0.3) is 0 Å². The van der Waals surface area contributed by atoms with E-state index in [0.717, 1.165) is 17.5 Å². The summed E-state index contributed by atoms with van der Waals surface area (Å²) in [6, 6.07) is 3.71. The van der Waals surface area contributed by atoms with Crippen LogP contribution in [0.25, 0.3) is 0 Å². The van der Waals surface area contributed by atoms with E-state index in [9.17, 15) is 0 Å². The van der Waals surface area contributed by atoms with Gasteiger partial charge in [0.1, 0.15) is 12.9 Å². The predicted octanol–water partition coefficient (Wildman–Crippen LogP) is 2.42. The van der Waals surface area contributed by atoms with Crippen LogP contribution in [0.2, 0.25) is 5.02 Å². The number of ether oxygens (including phenoxy) is 2. The van der Waals surface area contributed by atoms with Crippen molar-refractivity contribution in [3.05, 3.63) is 40.7 Å². The molecule has 2 N–H and O–H groups in total. The minimum absolute atomic E-state index is 0.315. The molecular weight excluding hydrogens is 268 g/mol. The van der Waals surface area contributed by atoms with E-state index in [2.05, 4.69) is 5.16 Å². The zero-order valence-corrected chi connectivity index (χ0v) is 11.3. The minimum atomic E-state index is 0.315. The molecule has 1 heterocycles. The molecule has 0 radical (unpaired) electrons. The summed E-state index contributed by atoms with van der Waals surface area (Å²) in [4.78, 5) is 0. The Bertz CT molecular complexity index is 529. The molecule has 1 aromatic carbocycles. The van der Waals surface area contributed by atoms with Gasteiger partial charge in [0, 0.05) is 5.56 Å². The molecule has 2 rings (SSSR count). The summed E-state index contributed by atoms with van der Waals surface area (Å²) in [5, 5.41) is 4.10. The maximum Gasteiger partial charge on any atom is 0.180 e. The second kappa shape index (κ2) is 6.45. The Morgan fingerprint density at radius 1 is 1.37 bits per heavy atom. The number of nitrogens with two attached hydrogens (primary N) is 1. The Morgan fingerprint density at radius 3 is 2.84 bits per heavy atom. The van der Waals surface area contributed by atoms with Crippen LogP contribution in [0.4, 0.5) is 0 Å². The highest BCUT2D eigenvalue weighted by Crippen LogP contribution is 2.37. The average Bonchev–Trinajstić information content (AvgIpc) is 2.90. The molecule has 0 aliphatic heterocycles. The summed E-state index contributed by atoms with van der Waals surface area (Å²) in [5.74, 6) is 1.10. The molecule has 0 spiro atoms. The number of hydrogen-bond donors (Lipinski definition) is 1. The van der Waals surface area contributed by atoms with Crippen molar-refractivity contribution in [2.24, 2.45) is 5.73 Å². The number of benzene rings is 1. The van der Waals surface area contributed by atoms with Gasteiger partial charge < -0.3 is 19.7 Å². The summed E-state index contributed by atoms with van der Waals surface area (Å²) in [6.45, 7) is 0.871. The second-order valence-corrected chi connectivity index (χ2v) is 4.38. The molecule has 0 aliphatic rings. The number of nitrogens with zero attached hydrogens (tertiary/aromatic N) is 1. The molecule has 2 aromatic rings. The molecule has 0 fully saturated rings. The van der Waals surface area contributed by atoms with Crippen LogP contribution >= 0.6 is 11.6 Å². The van der Waals surface area contributed by atoms with E-state index in [1.54, 1.807) is 13.3 Å². The summed E-state index contributed by atoms with van der Waals surface area (Å²) in [6.07, 6.45) is 3.84. The van der Waals surface area contributed by atoms with Gasteiger partial charge in [-0.3, -0.25) is 0 Å². The molecule has 0 atom stereocenters. The van der Waals surface area contributed by atoms with Crippen molar-refractivity contribution in [2.45, 2.75) is 13.0 Å². The van der Waals surface area contributed by atoms with Gasteiger partial charge in [0.2, 0.25) is 0 Å². The first kappa shape index (κ1) is 13.7. The molecule has 19 heavy (non-hydrogen) atoms. The fourth-order valence-corrected chi connectivity index (χ4v) is 1.97. The number of hydrogen-bond acceptors (Lipinski definition) is 5. The third kappa shape index (κ3) is 3.39. The molecule has 0 bridgehead atoms. The van der Waals surface area contributed by atoms with E-state index < -0.39 is 0 Å². The lowest BCUT2D eigenvalue weighted by atomic mass is 10.1. The van der Waals surface area contributed by atoms with E-state index >= 15 is 0 Å². The highest BCUT2D eigenvalue weighted by atomic mass is 35.5. The molecular formula is C13H15ClN2O3. The SMILES string of the molecule is COc1cc(CCN)cc(Cl)c1OCc1cnoc1. The van der Waals surface area contributed by atoms with Gasteiger partial charge >= 0.3 is 0 Å². The molecule has 0 aliphatic carbocycles. The quantitative estimate of drug-likeness (QED) is 0.881. The summed E-state index contributed by atoms with van der Waals surface area (Å²) in [7, 11) is 1.57. The van der Waals surface area contributed by atoms with Gasteiger partial charge in [-0.05, 0) is 30.7 Å². The highest BCUT2D eigenvalue weighted by Gasteiger charge is 2.12. The summed E-state index contributed by atoms with van der Waals surface area (Å²) in [5.41, 5.74) is 7.37. The van der Waals surface area contributed by atoms with Crippen LogP contribution in [0, 0.1) is 0 Å². The Kier molecular flexibility index (Phi) is 4.65. The van der Waals surface area contributed by atoms with Gasteiger partial charge in [-0.15, -0.1) is 0 Å². The Balaban J connectivity index is 2.18. The fraction of sp³-hybridized carbons (Fsp3) is 0.308. The van der Waals surface area contributed by atoms with Crippen LogP contribution < -0.4 is 15.2 Å². The van der Waals surface area contributed by atoms with E-state index in [0.29, 0.717) is 29.7 Å². The lowest BCUT2D eigenvalue weighted by molar-refractivity contribution is 0.283. The molecule has 102 valence electrons. The topological polar surface area (TPSA) is 70.5 Å². The maximum absolute atomic E-state index is 6.20. The summed E-state index contributed by atoms with van der Waals surface area (Å²) >= 11 is 6.20. The molecule has 0 saturated heterocycles. The molecule has 0 amide bonds. The van der Waals surface area contributed by atoms with Crippen LogP contribution in [0.1, 0.15) is 11.1 Å². The predicted molar refractivity (Wildman–Crippen MR) is 71.6 cm³/mol. The largest absolute Gasteiger partial charge is 0.493 e. The fourth-order valence-electron chi connectivity index (χ4n) is 1.68. The second-order valence-electron chi connectivity index (χ2n) is 3.97. The van der Waals surface area contributed by atoms with Crippen LogP contribution in [0.15, 0.2) is 29.1 Å². The number of rotatable bonds is 6. The molecule has 6 heteroatoms. The smallest absolute Gasteiger partial charge is 0.180 e. The third-order valence-corrected chi connectivity index (χ3v) is 2.87. The van der Waals surface area contributed by atoms with Crippen molar-refractivity contribution in [1.82, 2.24) is 5.16 Å². The normalized spacial score (nSPS) is 10.5. The zero-order valence-electron chi connectivity index (χ0n) is 10.6. The van der Waals surface area contributed by atoms with Gasteiger partial charge in [-0.2, -0.15) is 0 Å². The minimum Gasteiger partial charge on any atom is -0.493 e. The number of aromatic nitrogens is 1. The number of methoxy groups -OCH3 is 1. The van der Waals surface area contributed by atoms with Crippen LogP contribution in [-0.2, 0) is 13.0 Å². The summed E-state index contributed by atoms with van der Waals surface area (Å²) < 4.78 is 15.7. The van der Waals surface area contributed by atoms with E-state index in [1.807, 2.05) is 12.1 Å². The molecule has 5 nitrogen and oxygen atoms in total. The first-order valence-electron chi connectivity index (χ1n) is 5.82. The Labute approximate surface area is 116 Å². The van der Waals surface area contributed by atoms with Crippen LogP contribution in [-0.4, -0.2) is 18.8 Å². The Morgan fingerprint density at radius 2 is 2.21 bits per heavy atom. The third-order valence-electron chi connectivity index (χ3n) is 2.59. The molecule has 0 unspecified atom stereocenters. The van der Waals surface area contributed by atoms with Gasteiger partial charge in [-0.1, -0.05) is 16.8 Å². The maximum atomic E-state index is 6.20. The van der Waals surface area contributed by atoms with E-state index in [-0.39, 0.29) is 0 Å². The average molecular weight is 283 g/mol. The molecule has 0 saturated carbocycles. The lowest BCUT2D eigenvalue weighted by Gasteiger charge is -2.13. The van der Waals surface area contributed by atoms with Crippen molar-refractivity contribution >= 4 is 11.6 Å².